The van der Waals surface area contributed by atoms with Crippen LogP contribution in [0.5, 0.6) is 5.75 Å². The van der Waals surface area contributed by atoms with Gasteiger partial charge in [0, 0.05) is 17.8 Å². The molecule has 0 heterocycles. The maximum Gasteiger partial charge on any atom is 0.573 e. The number of nitrogens with zero attached hydrogens (tertiary/aromatic N) is 1. The second-order valence-electron chi connectivity index (χ2n) is 5.20. The van der Waals surface area contributed by atoms with Crippen molar-refractivity contribution in [2.24, 2.45) is 0 Å². The number of nitro groups is 1. The minimum absolute atomic E-state index is 0.000367. The number of alkyl halides is 3. The summed E-state index contributed by atoms with van der Waals surface area (Å²) in [6, 6.07) is 9.24. The highest BCUT2D eigenvalue weighted by Crippen LogP contribution is 2.29. The van der Waals surface area contributed by atoms with Crippen molar-refractivity contribution in [2.75, 3.05) is 17.2 Å². The second kappa shape index (κ2) is 7.72. The van der Waals surface area contributed by atoms with Crippen LogP contribution in [0.15, 0.2) is 42.5 Å². The van der Waals surface area contributed by atoms with Gasteiger partial charge in [-0.15, -0.1) is 13.2 Å². The monoisotopic (exact) mass is 369 g/mol. The lowest BCUT2D eigenvalue weighted by Crippen LogP contribution is -2.23. The molecule has 2 aromatic carbocycles. The van der Waals surface area contributed by atoms with Crippen molar-refractivity contribution in [2.45, 2.75) is 13.3 Å². The molecular formula is C16H14F3N3O4. The molecule has 2 rings (SSSR count). The molecule has 0 bridgehead atoms. The lowest BCUT2D eigenvalue weighted by molar-refractivity contribution is -0.384. The smallest absolute Gasteiger partial charge is 0.404 e. The van der Waals surface area contributed by atoms with Crippen molar-refractivity contribution < 1.29 is 27.6 Å². The summed E-state index contributed by atoms with van der Waals surface area (Å²) in [4.78, 5) is 22.1. The Labute approximate surface area is 145 Å². The number of anilines is 2. The summed E-state index contributed by atoms with van der Waals surface area (Å²) in [7, 11) is 0. The van der Waals surface area contributed by atoms with Gasteiger partial charge in [0.1, 0.15) is 0 Å². The Bertz CT molecular complexity index is 825. The third-order valence-corrected chi connectivity index (χ3v) is 3.25. The summed E-state index contributed by atoms with van der Waals surface area (Å²) in [5.74, 6) is -0.997. The van der Waals surface area contributed by atoms with Crippen molar-refractivity contribution in [3.63, 3.8) is 0 Å². The molecule has 2 N–H and O–H groups in total. The van der Waals surface area contributed by atoms with E-state index in [1.54, 1.807) is 6.92 Å². The molecule has 26 heavy (non-hydrogen) atoms. The van der Waals surface area contributed by atoms with Gasteiger partial charge in [-0.3, -0.25) is 14.9 Å². The zero-order valence-electron chi connectivity index (χ0n) is 13.5. The van der Waals surface area contributed by atoms with Gasteiger partial charge in [-0.1, -0.05) is 12.1 Å². The second-order valence-corrected chi connectivity index (χ2v) is 5.20. The van der Waals surface area contributed by atoms with Crippen LogP contribution in [0, 0.1) is 17.0 Å². The Kier molecular flexibility index (Phi) is 5.65. The molecule has 0 saturated carbocycles. The number of halogens is 3. The van der Waals surface area contributed by atoms with Crippen LogP contribution in [0.2, 0.25) is 0 Å². The van der Waals surface area contributed by atoms with Crippen LogP contribution in [0.3, 0.4) is 0 Å². The fourth-order valence-electron chi connectivity index (χ4n) is 2.10. The standard InChI is InChI=1S/C16H14F3N3O4/c1-10-8-11(22(24)25)6-7-12(10)21-15(23)9-20-13-4-2-3-5-14(13)26-16(17,18)19/h2-8,20H,9H2,1H3,(H,21,23). The summed E-state index contributed by atoms with van der Waals surface area (Å²) in [5.41, 5.74) is 0.729. The number of benzene rings is 2. The van der Waals surface area contributed by atoms with E-state index >= 15 is 0 Å². The topological polar surface area (TPSA) is 93.5 Å². The molecule has 0 atom stereocenters. The number of rotatable bonds is 6. The van der Waals surface area contributed by atoms with Gasteiger partial charge in [0.05, 0.1) is 17.2 Å². The molecule has 7 nitrogen and oxygen atoms in total. The number of carbonyl (C=O) groups excluding carboxylic acids is 1. The number of para-hydroxylation sites is 2. The Morgan fingerprint density at radius 3 is 2.50 bits per heavy atom. The van der Waals surface area contributed by atoms with Crippen molar-refractivity contribution >= 4 is 23.0 Å². The van der Waals surface area contributed by atoms with Gasteiger partial charge >= 0.3 is 6.36 Å². The number of amides is 1. The first-order chi connectivity index (χ1) is 12.2. The Balaban J connectivity index is 2.01. The first kappa shape index (κ1) is 19.0. The fraction of sp³-hybridized carbons (Fsp3) is 0.188. The van der Waals surface area contributed by atoms with Gasteiger partial charge in [0.15, 0.2) is 5.75 Å². The highest BCUT2D eigenvalue weighted by molar-refractivity contribution is 5.94. The number of nitro benzene ring substituents is 1. The zero-order chi connectivity index (χ0) is 19.3. The molecule has 1 amide bonds. The highest BCUT2D eigenvalue weighted by atomic mass is 19.4. The number of hydrogen-bond donors (Lipinski definition) is 2. The third kappa shape index (κ3) is 5.36. The number of aryl methyl sites for hydroxylation is 1. The molecule has 0 aliphatic heterocycles. The molecular weight excluding hydrogens is 355 g/mol. The molecule has 0 saturated heterocycles. The van der Waals surface area contributed by atoms with Crippen LogP contribution < -0.4 is 15.4 Å². The van der Waals surface area contributed by atoms with Crippen LogP contribution in [0.1, 0.15) is 5.56 Å². The van der Waals surface area contributed by atoms with Crippen molar-refractivity contribution in [1.82, 2.24) is 0 Å². The van der Waals surface area contributed by atoms with Crippen LogP contribution in [-0.2, 0) is 4.79 Å². The lowest BCUT2D eigenvalue weighted by atomic mass is 10.2. The number of hydrogen-bond acceptors (Lipinski definition) is 5. The average Bonchev–Trinajstić information content (AvgIpc) is 2.54. The largest absolute Gasteiger partial charge is 0.573 e. The quantitative estimate of drug-likeness (QED) is 0.596. The van der Waals surface area contributed by atoms with Gasteiger partial charge in [-0.25, -0.2) is 0 Å². The molecule has 2 aromatic rings. The van der Waals surface area contributed by atoms with Crippen LogP contribution in [0.25, 0.3) is 0 Å². The molecule has 0 spiro atoms. The van der Waals surface area contributed by atoms with Gasteiger partial charge in [-0.05, 0) is 30.7 Å². The van der Waals surface area contributed by atoms with Crippen LogP contribution >= 0.6 is 0 Å². The molecule has 0 fully saturated rings. The van der Waals surface area contributed by atoms with E-state index in [1.807, 2.05) is 0 Å². The van der Waals surface area contributed by atoms with E-state index in [0.717, 1.165) is 6.07 Å². The number of non-ortho nitro benzene ring substituents is 1. The van der Waals surface area contributed by atoms with E-state index in [0.29, 0.717) is 11.3 Å². The fourth-order valence-corrected chi connectivity index (χ4v) is 2.10. The van der Waals surface area contributed by atoms with Gasteiger partial charge < -0.3 is 15.4 Å². The van der Waals surface area contributed by atoms with E-state index in [9.17, 15) is 28.1 Å². The summed E-state index contributed by atoms with van der Waals surface area (Å²) >= 11 is 0. The number of ether oxygens (including phenoxy) is 1. The van der Waals surface area contributed by atoms with Crippen molar-refractivity contribution in [3.8, 4) is 5.75 Å². The van der Waals surface area contributed by atoms with Gasteiger partial charge in [-0.2, -0.15) is 0 Å². The van der Waals surface area contributed by atoms with Crippen LogP contribution in [-0.4, -0.2) is 23.7 Å². The van der Waals surface area contributed by atoms with E-state index < -0.39 is 22.9 Å². The van der Waals surface area contributed by atoms with E-state index in [4.69, 9.17) is 0 Å². The normalized spacial score (nSPS) is 10.9. The molecule has 0 unspecified atom stereocenters. The minimum atomic E-state index is -4.85. The Hall–Kier alpha value is -3.30. The van der Waals surface area contributed by atoms with Crippen LogP contribution in [0.4, 0.5) is 30.2 Å². The number of nitrogens with one attached hydrogen (secondary N) is 2. The number of carbonyl (C=O) groups is 1. The molecule has 0 aliphatic carbocycles. The molecule has 138 valence electrons. The maximum absolute atomic E-state index is 12.4. The van der Waals surface area contributed by atoms with E-state index in [2.05, 4.69) is 15.4 Å². The predicted molar refractivity (Wildman–Crippen MR) is 88.1 cm³/mol. The third-order valence-electron chi connectivity index (χ3n) is 3.25. The van der Waals surface area contributed by atoms with Gasteiger partial charge in [0.25, 0.3) is 5.69 Å². The molecule has 0 aromatic heterocycles. The zero-order valence-corrected chi connectivity index (χ0v) is 13.5. The van der Waals surface area contributed by atoms with Gasteiger partial charge in [0.2, 0.25) is 5.91 Å². The summed E-state index contributed by atoms with van der Waals surface area (Å²) in [6.45, 7) is 1.26. The highest BCUT2D eigenvalue weighted by Gasteiger charge is 2.32. The van der Waals surface area contributed by atoms with Crippen molar-refractivity contribution in [3.05, 3.63) is 58.1 Å². The first-order valence-electron chi connectivity index (χ1n) is 7.29. The predicted octanol–water partition coefficient (Wildman–Crippen LogP) is 3.85. The first-order valence-corrected chi connectivity index (χ1v) is 7.29. The lowest BCUT2D eigenvalue weighted by Gasteiger charge is -2.14. The molecule has 0 aliphatic rings. The Morgan fingerprint density at radius 1 is 1.19 bits per heavy atom. The summed E-state index contributed by atoms with van der Waals surface area (Å²) < 4.78 is 41.0. The Morgan fingerprint density at radius 2 is 1.88 bits per heavy atom. The molecule has 0 radical (unpaired) electrons. The van der Waals surface area contributed by atoms with E-state index in [-0.39, 0.29) is 17.9 Å². The maximum atomic E-state index is 12.4. The minimum Gasteiger partial charge on any atom is -0.404 e. The summed E-state index contributed by atoms with van der Waals surface area (Å²) in [6.07, 6.45) is -4.85. The van der Waals surface area contributed by atoms with E-state index in [1.165, 1.54) is 36.4 Å². The van der Waals surface area contributed by atoms with Crippen molar-refractivity contribution in [1.29, 1.82) is 0 Å². The average molecular weight is 369 g/mol. The SMILES string of the molecule is Cc1cc([N+](=O)[O-])ccc1NC(=O)CNc1ccccc1OC(F)(F)F. The summed E-state index contributed by atoms with van der Waals surface area (Å²) in [5, 5.41) is 15.8. The molecule has 10 heteroatoms.